The molecular formula is C12H24O2. The number of hydrogen-bond acceptors (Lipinski definition) is 1. The maximum atomic E-state index is 10.2. The van der Waals surface area contributed by atoms with Gasteiger partial charge in [-0.2, -0.15) is 0 Å². The van der Waals surface area contributed by atoms with Crippen LogP contribution in [0.3, 0.4) is 0 Å². The summed E-state index contributed by atoms with van der Waals surface area (Å²) in [6.07, 6.45) is 11.5. The highest BCUT2D eigenvalue weighted by Gasteiger charge is 1.96. The second-order valence-corrected chi connectivity index (χ2v) is 3.97. The predicted octanol–water partition coefficient (Wildman–Crippen LogP) is 3.99. The van der Waals surface area contributed by atoms with E-state index < -0.39 is 5.97 Å². The summed E-state index contributed by atoms with van der Waals surface area (Å²) in [4.78, 5) is 10.2. The Morgan fingerprint density at radius 1 is 0.857 bits per heavy atom. The Labute approximate surface area is 87.7 Å². The molecule has 0 aliphatic rings. The summed E-state index contributed by atoms with van der Waals surface area (Å²) in [5, 5.41) is 8.41. The van der Waals surface area contributed by atoms with Crippen LogP contribution in [-0.2, 0) is 4.79 Å². The highest BCUT2D eigenvalue weighted by atomic mass is 16.2. The molecule has 0 atom stereocenters. The van der Waals surface area contributed by atoms with E-state index in [0.717, 1.165) is 12.8 Å². The van der Waals surface area contributed by atoms with Crippen molar-refractivity contribution in [3.8, 4) is 0 Å². The summed E-state index contributed by atoms with van der Waals surface area (Å²) in [5.41, 5.74) is 0. The van der Waals surface area contributed by atoms with E-state index in [1.54, 1.807) is 0 Å². The van der Waals surface area contributed by atoms with Gasteiger partial charge in [-0.05, 0) is 6.42 Å². The van der Waals surface area contributed by atoms with E-state index in [1.165, 1.54) is 44.9 Å². The lowest BCUT2D eigenvalue weighted by molar-refractivity contribution is -0.137. The van der Waals surface area contributed by atoms with Crippen molar-refractivity contribution in [2.75, 3.05) is 0 Å². The minimum absolute atomic E-state index is 0.343. The molecule has 0 bridgehead atoms. The number of aliphatic carboxylic acids is 1. The van der Waals surface area contributed by atoms with Crippen LogP contribution in [0.1, 0.15) is 71.1 Å². The SMILES string of the molecule is CCCCCCCCCCC[9C](=O)O. The minimum Gasteiger partial charge on any atom is -0.481 e. The summed E-state index contributed by atoms with van der Waals surface area (Å²) in [7, 11) is 0. The third-order valence-electron chi connectivity index (χ3n) is 2.49. The van der Waals surface area contributed by atoms with Gasteiger partial charge in [0.15, 0.2) is 0 Å². The molecule has 0 aliphatic heterocycles. The zero-order chi connectivity index (χ0) is 10.6. The number of unbranched alkanes of at least 4 members (excludes halogenated alkanes) is 8. The molecule has 2 heteroatoms. The van der Waals surface area contributed by atoms with Crippen LogP contribution in [0.5, 0.6) is 0 Å². The molecule has 0 radical (unpaired) electrons. The zero-order valence-electron chi connectivity index (χ0n) is 9.43. The summed E-state index contributed by atoms with van der Waals surface area (Å²) in [6.45, 7) is 2.23. The molecule has 0 fully saturated rings. The lowest BCUT2D eigenvalue weighted by Crippen LogP contribution is -1.93. The minimum atomic E-state index is -0.659. The van der Waals surface area contributed by atoms with Gasteiger partial charge in [0.2, 0.25) is 0 Å². The lowest BCUT2D eigenvalue weighted by Gasteiger charge is -2.00. The van der Waals surface area contributed by atoms with Crippen molar-refractivity contribution in [3.05, 3.63) is 0 Å². The molecule has 0 aromatic carbocycles. The monoisotopic (exact) mass is 197 g/mol. The molecule has 14 heavy (non-hydrogen) atoms. The molecule has 0 heterocycles. The van der Waals surface area contributed by atoms with Gasteiger partial charge in [-0.15, -0.1) is 0 Å². The molecule has 1 N–H and O–H groups in total. The number of hydrogen-bond donors (Lipinski definition) is 1. The quantitative estimate of drug-likeness (QED) is 0.538. The van der Waals surface area contributed by atoms with Crippen molar-refractivity contribution in [2.24, 2.45) is 0 Å². The fraction of sp³-hybridized carbons (Fsp3) is 0.917. The average molecular weight is 197 g/mol. The smallest absolute Gasteiger partial charge is 0.303 e. The normalized spacial score (nSPS) is 10.4. The van der Waals surface area contributed by atoms with Gasteiger partial charge in [-0.1, -0.05) is 58.3 Å². The second kappa shape index (κ2) is 10.6. The van der Waals surface area contributed by atoms with Crippen LogP contribution in [0.15, 0.2) is 0 Å². The molecule has 0 rings (SSSR count). The van der Waals surface area contributed by atoms with Crippen molar-refractivity contribution in [1.29, 1.82) is 0 Å². The molecule has 0 aromatic rings. The number of carbonyl (C=O) groups is 1. The van der Waals surface area contributed by atoms with E-state index in [0.29, 0.717) is 6.42 Å². The van der Waals surface area contributed by atoms with Gasteiger partial charge in [0.05, 0.1) is 0 Å². The number of carboxylic acid groups (broad SMARTS) is 1. The Morgan fingerprint density at radius 2 is 1.29 bits per heavy atom. The van der Waals surface area contributed by atoms with E-state index in [-0.39, 0.29) is 0 Å². The van der Waals surface area contributed by atoms with Crippen LogP contribution in [0.4, 0.5) is 0 Å². The molecule has 0 aliphatic carbocycles. The van der Waals surface area contributed by atoms with Gasteiger partial charge in [-0.3, -0.25) is 4.79 Å². The first kappa shape index (κ1) is 13.5. The maximum absolute atomic E-state index is 10.2. The van der Waals surface area contributed by atoms with Crippen LogP contribution >= 0.6 is 0 Å². The van der Waals surface area contributed by atoms with Crippen LogP contribution in [-0.4, -0.2) is 11.1 Å². The van der Waals surface area contributed by atoms with Crippen molar-refractivity contribution in [2.45, 2.75) is 71.1 Å². The van der Waals surface area contributed by atoms with Crippen LogP contribution in [0, 0.1) is 0 Å². The fourth-order valence-electron chi connectivity index (χ4n) is 1.59. The second-order valence-electron chi connectivity index (χ2n) is 3.97. The number of carboxylic acids is 1. The summed E-state index contributed by atoms with van der Waals surface area (Å²) < 4.78 is 0. The molecule has 0 spiro atoms. The summed E-state index contributed by atoms with van der Waals surface area (Å²) in [5.74, 6) is -0.659. The molecule has 0 aromatic heterocycles. The third-order valence-corrected chi connectivity index (χ3v) is 2.49. The Balaban J connectivity index is 2.88. The first-order valence-corrected chi connectivity index (χ1v) is 5.99. The molecule has 2 nitrogen and oxygen atoms in total. The van der Waals surface area contributed by atoms with Gasteiger partial charge < -0.3 is 5.11 Å². The van der Waals surface area contributed by atoms with Gasteiger partial charge in [0, 0.05) is 6.42 Å². The topological polar surface area (TPSA) is 37.3 Å². The molecule has 0 saturated heterocycles. The van der Waals surface area contributed by atoms with Crippen LogP contribution < -0.4 is 0 Å². The average Bonchev–Trinajstić information content (AvgIpc) is 2.15. The molecular weight excluding hydrogens is 173 g/mol. The van der Waals surface area contributed by atoms with Crippen LogP contribution in [0.2, 0.25) is 0 Å². The Bertz CT molecular complexity index is 132. The zero-order valence-corrected chi connectivity index (χ0v) is 9.43. The third kappa shape index (κ3) is 11.5. The fourth-order valence-corrected chi connectivity index (χ4v) is 1.59. The van der Waals surface area contributed by atoms with Gasteiger partial charge in [-0.25, -0.2) is 0 Å². The summed E-state index contributed by atoms with van der Waals surface area (Å²) >= 11 is 0. The highest BCUT2D eigenvalue weighted by molar-refractivity contribution is 5.66. The Hall–Kier alpha value is -0.530. The van der Waals surface area contributed by atoms with Crippen molar-refractivity contribution in [1.82, 2.24) is 0 Å². The van der Waals surface area contributed by atoms with Gasteiger partial charge >= 0.3 is 5.97 Å². The van der Waals surface area contributed by atoms with Gasteiger partial charge in [0.1, 0.15) is 0 Å². The van der Waals surface area contributed by atoms with Crippen LogP contribution in [0.25, 0.3) is 0 Å². The maximum Gasteiger partial charge on any atom is 0.303 e. The largest absolute Gasteiger partial charge is 0.481 e. The standard InChI is InChI=1S/C12H24O2/c1-2-3-4-5-6-7-8-9-10-11-12(13)14/h2-11H2,1H3,(H,13,14)/i12-3. The van der Waals surface area contributed by atoms with Crippen molar-refractivity contribution < 1.29 is 9.90 Å². The Morgan fingerprint density at radius 3 is 1.71 bits per heavy atom. The van der Waals surface area contributed by atoms with E-state index in [2.05, 4.69) is 6.92 Å². The van der Waals surface area contributed by atoms with E-state index in [4.69, 9.17) is 5.11 Å². The van der Waals surface area contributed by atoms with Crippen molar-refractivity contribution >= 4 is 5.97 Å². The first-order chi connectivity index (χ1) is 6.77. The Kier molecular flexibility index (Phi) is 10.2. The highest BCUT2D eigenvalue weighted by Crippen LogP contribution is 2.10. The van der Waals surface area contributed by atoms with E-state index in [1.807, 2.05) is 0 Å². The lowest BCUT2D eigenvalue weighted by atomic mass is 8.52. The predicted molar refractivity (Wildman–Crippen MR) is 59.5 cm³/mol. The van der Waals surface area contributed by atoms with E-state index >= 15 is 0 Å². The van der Waals surface area contributed by atoms with Crippen molar-refractivity contribution in [3.63, 3.8) is 0 Å². The van der Waals surface area contributed by atoms with Gasteiger partial charge in [0.25, 0.3) is 0 Å². The van der Waals surface area contributed by atoms with E-state index in [9.17, 15) is 4.79 Å². The molecule has 0 amide bonds. The molecule has 84 valence electrons. The molecule has 0 saturated carbocycles. The summed E-state index contributed by atoms with van der Waals surface area (Å²) in [6, 6.07) is 0. The number of rotatable bonds is 10. The first-order valence-electron chi connectivity index (χ1n) is 5.99. The molecule has 0 unspecified atom stereocenters.